The average molecular weight is 565 g/mol. The summed E-state index contributed by atoms with van der Waals surface area (Å²) in [6.45, 7) is 2.28. The Labute approximate surface area is 249 Å². The summed E-state index contributed by atoms with van der Waals surface area (Å²) in [7, 11) is 0. The smallest absolute Gasteiger partial charge is 0.331 e. The van der Waals surface area contributed by atoms with Crippen molar-refractivity contribution in [1.29, 1.82) is 0 Å². The van der Waals surface area contributed by atoms with Crippen LogP contribution in [0.15, 0.2) is 11.6 Å². The standard InChI is InChI=1S/C36H68O4/c1-2-3-4-5-6-7-8-9-10-11-13-16-19-22-25-28-31-34(36(39)40)32-29-26-23-20-17-14-12-15-18-21-24-27-30-33-35(37)38/h31H,2-30,32-33H2,1H3,(H,37,38)(H,39,40). The lowest BCUT2D eigenvalue weighted by atomic mass is 10.0. The van der Waals surface area contributed by atoms with Crippen molar-refractivity contribution in [2.24, 2.45) is 0 Å². The topological polar surface area (TPSA) is 74.6 Å². The van der Waals surface area contributed by atoms with Gasteiger partial charge in [-0.25, -0.2) is 4.79 Å². The number of aliphatic carboxylic acids is 2. The number of carboxylic acids is 2. The van der Waals surface area contributed by atoms with Crippen LogP contribution in [0.25, 0.3) is 0 Å². The third kappa shape index (κ3) is 31.2. The normalized spacial score (nSPS) is 11.8. The first-order valence-corrected chi connectivity index (χ1v) is 17.7. The van der Waals surface area contributed by atoms with E-state index < -0.39 is 11.9 Å². The maximum atomic E-state index is 11.6. The van der Waals surface area contributed by atoms with Crippen molar-refractivity contribution in [3.8, 4) is 0 Å². The summed E-state index contributed by atoms with van der Waals surface area (Å²) in [6, 6.07) is 0. The molecule has 0 atom stereocenters. The Hall–Kier alpha value is -1.32. The first-order chi connectivity index (χ1) is 19.6. The van der Waals surface area contributed by atoms with Gasteiger partial charge < -0.3 is 10.2 Å². The van der Waals surface area contributed by atoms with Crippen molar-refractivity contribution in [3.63, 3.8) is 0 Å². The van der Waals surface area contributed by atoms with Crippen LogP contribution >= 0.6 is 0 Å². The molecule has 0 saturated carbocycles. The fraction of sp³-hybridized carbons (Fsp3) is 0.889. The molecule has 0 bridgehead atoms. The van der Waals surface area contributed by atoms with E-state index in [-0.39, 0.29) is 0 Å². The Bertz CT molecular complexity index is 583. The van der Waals surface area contributed by atoms with Gasteiger partial charge in [-0.15, -0.1) is 0 Å². The Morgan fingerprint density at radius 3 is 1.05 bits per heavy atom. The van der Waals surface area contributed by atoms with Crippen molar-refractivity contribution in [1.82, 2.24) is 0 Å². The predicted octanol–water partition coefficient (Wildman–Crippen LogP) is 12.2. The van der Waals surface area contributed by atoms with Gasteiger partial charge in [0.05, 0.1) is 0 Å². The largest absolute Gasteiger partial charge is 0.481 e. The minimum absolute atomic E-state index is 0.313. The second-order valence-corrected chi connectivity index (χ2v) is 12.3. The van der Waals surface area contributed by atoms with Crippen molar-refractivity contribution in [3.05, 3.63) is 11.6 Å². The Morgan fingerprint density at radius 1 is 0.425 bits per heavy atom. The minimum Gasteiger partial charge on any atom is -0.481 e. The highest BCUT2D eigenvalue weighted by Crippen LogP contribution is 2.17. The van der Waals surface area contributed by atoms with E-state index in [1.807, 2.05) is 6.08 Å². The van der Waals surface area contributed by atoms with Crippen LogP contribution < -0.4 is 0 Å². The van der Waals surface area contributed by atoms with Crippen LogP contribution in [0.4, 0.5) is 0 Å². The molecule has 40 heavy (non-hydrogen) atoms. The first-order valence-electron chi connectivity index (χ1n) is 17.7. The van der Waals surface area contributed by atoms with Crippen LogP contribution in [0.5, 0.6) is 0 Å². The number of rotatable bonds is 33. The summed E-state index contributed by atoms with van der Waals surface area (Å²) in [4.78, 5) is 22.1. The molecule has 0 aromatic carbocycles. The van der Waals surface area contributed by atoms with Gasteiger partial charge >= 0.3 is 11.9 Å². The quantitative estimate of drug-likeness (QED) is 0.0614. The number of unbranched alkanes of at least 4 members (excludes halogenated alkanes) is 27. The minimum atomic E-state index is -0.720. The molecule has 0 amide bonds. The Balaban J connectivity index is 3.47. The van der Waals surface area contributed by atoms with E-state index in [2.05, 4.69) is 6.92 Å². The maximum Gasteiger partial charge on any atom is 0.331 e. The molecule has 0 aromatic rings. The van der Waals surface area contributed by atoms with E-state index >= 15 is 0 Å². The highest BCUT2D eigenvalue weighted by atomic mass is 16.4. The number of carbonyl (C=O) groups is 2. The molecular weight excluding hydrogens is 496 g/mol. The molecule has 0 aliphatic rings. The lowest BCUT2D eigenvalue weighted by Crippen LogP contribution is -2.00. The number of allylic oxidation sites excluding steroid dienone is 1. The van der Waals surface area contributed by atoms with Gasteiger partial charge in [0.1, 0.15) is 0 Å². The molecule has 0 aliphatic heterocycles. The van der Waals surface area contributed by atoms with Crippen molar-refractivity contribution in [2.75, 3.05) is 0 Å². The van der Waals surface area contributed by atoms with Gasteiger partial charge in [0.2, 0.25) is 0 Å². The molecule has 0 aromatic heterocycles. The maximum absolute atomic E-state index is 11.6. The molecule has 0 aliphatic carbocycles. The van der Waals surface area contributed by atoms with Gasteiger partial charge in [-0.3, -0.25) is 4.79 Å². The van der Waals surface area contributed by atoms with Crippen LogP contribution in [0.1, 0.15) is 206 Å². The van der Waals surface area contributed by atoms with Crippen molar-refractivity contribution in [2.45, 2.75) is 206 Å². The fourth-order valence-electron chi connectivity index (χ4n) is 5.62. The molecule has 0 spiro atoms. The highest BCUT2D eigenvalue weighted by molar-refractivity contribution is 5.86. The fourth-order valence-corrected chi connectivity index (χ4v) is 5.62. The van der Waals surface area contributed by atoms with Crippen LogP contribution in [-0.2, 0) is 9.59 Å². The van der Waals surface area contributed by atoms with Crippen LogP contribution in [-0.4, -0.2) is 22.2 Å². The Kier molecular flexibility index (Phi) is 31.1. The summed E-state index contributed by atoms with van der Waals surface area (Å²) in [5, 5.41) is 18.2. The molecule has 2 N–H and O–H groups in total. The second kappa shape index (κ2) is 32.2. The second-order valence-electron chi connectivity index (χ2n) is 12.3. The molecule has 0 saturated heterocycles. The van der Waals surface area contributed by atoms with Gasteiger partial charge in [-0.2, -0.15) is 0 Å². The third-order valence-electron chi connectivity index (χ3n) is 8.31. The molecule has 0 heterocycles. The summed E-state index contributed by atoms with van der Waals surface area (Å²) < 4.78 is 0. The average Bonchev–Trinajstić information content (AvgIpc) is 2.93. The van der Waals surface area contributed by atoms with Crippen molar-refractivity contribution >= 4 is 11.9 Å². The van der Waals surface area contributed by atoms with Crippen LogP contribution in [0, 0.1) is 0 Å². The van der Waals surface area contributed by atoms with E-state index in [9.17, 15) is 14.7 Å². The summed E-state index contributed by atoms with van der Waals surface area (Å²) in [5.41, 5.74) is 0.633. The number of hydrogen-bond acceptors (Lipinski definition) is 2. The number of hydrogen-bond donors (Lipinski definition) is 2. The lowest BCUT2D eigenvalue weighted by molar-refractivity contribution is -0.137. The third-order valence-corrected chi connectivity index (χ3v) is 8.31. The first kappa shape index (κ1) is 38.7. The van der Waals surface area contributed by atoms with Crippen LogP contribution in [0.3, 0.4) is 0 Å². The number of carboxylic acid groups (broad SMARTS) is 2. The van der Waals surface area contributed by atoms with Gasteiger partial charge in [0.25, 0.3) is 0 Å². The zero-order chi connectivity index (χ0) is 29.4. The van der Waals surface area contributed by atoms with Gasteiger partial charge in [0.15, 0.2) is 0 Å². The molecule has 4 heteroatoms. The summed E-state index contributed by atoms with van der Waals surface area (Å²) in [6.07, 6.45) is 39.7. The molecule has 0 radical (unpaired) electrons. The SMILES string of the molecule is CCCCCCCCCCCCCCCCCC=C(CCCCCCCCCCCCCCCC(=O)O)C(=O)O. The van der Waals surface area contributed by atoms with Crippen molar-refractivity contribution < 1.29 is 19.8 Å². The summed E-state index contributed by atoms with van der Waals surface area (Å²) >= 11 is 0. The van der Waals surface area contributed by atoms with E-state index in [4.69, 9.17) is 5.11 Å². The molecule has 4 nitrogen and oxygen atoms in total. The van der Waals surface area contributed by atoms with Crippen LogP contribution in [0.2, 0.25) is 0 Å². The lowest BCUT2D eigenvalue weighted by Gasteiger charge is -2.05. The van der Waals surface area contributed by atoms with E-state index in [1.54, 1.807) is 0 Å². The highest BCUT2D eigenvalue weighted by Gasteiger charge is 2.06. The van der Waals surface area contributed by atoms with Gasteiger partial charge in [-0.1, -0.05) is 174 Å². The zero-order valence-electron chi connectivity index (χ0n) is 26.7. The monoisotopic (exact) mass is 565 g/mol. The Morgan fingerprint density at radius 2 is 0.725 bits per heavy atom. The van der Waals surface area contributed by atoms with E-state index in [1.165, 1.54) is 148 Å². The molecule has 0 unspecified atom stereocenters. The molecular formula is C36H68O4. The van der Waals surface area contributed by atoms with Gasteiger partial charge in [0, 0.05) is 12.0 Å². The molecule has 0 rings (SSSR count). The van der Waals surface area contributed by atoms with E-state index in [0.29, 0.717) is 12.0 Å². The molecule has 236 valence electrons. The zero-order valence-corrected chi connectivity index (χ0v) is 26.7. The summed E-state index contributed by atoms with van der Waals surface area (Å²) in [5.74, 6) is -1.40. The predicted molar refractivity (Wildman–Crippen MR) is 172 cm³/mol. The van der Waals surface area contributed by atoms with E-state index in [0.717, 1.165) is 44.9 Å². The molecule has 0 fully saturated rings. The van der Waals surface area contributed by atoms with Gasteiger partial charge in [-0.05, 0) is 32.1 Å².